The summed E-state index contributed by atoms with van der Waals surface area (Å²) >= 11 is 6.21. The molecule has 1 saturated heterocycles. The average Bonchev–Trinajstić information content (AvgIpc) is 2.69. The molecule has 0 saturated carbocycles. The summed E-state index contributed by atoms with van der Waals surface area (Å²) in [6.45, 7) is 11.8. The molecule has 0 radical (unpaired) electrons. The smallest absolute Gasteiger partial charge is 0.407 e. The number of pyridine rings is 1. The number of carbonyl (C=O) groups is 1. The van der Waals surface area contributed by atoms with Gasteiger partial charge in [-0.25, -0.2) is 9.78 Å². The van der Waals surface area contributed by atoms with E-state index in [0.29, 0.717) is 43.1 Å². The highest BCUT2D eigenvalue weighted by molar-refractivity contribution is 6.30. The first kappa shape index (κ1) is 23.7. The summed E-state index contributed by atoms with van der Waals surface area (Å²) in [6.07, 6.45) is 0.901. The Morgan fingerprint density at radius 3 is 2.37 bits per heavy atom. The zero-order valence-corrected chi connectivity index (χ0v) is 18.8. The lowest BCUT2D eigenvalue weighted by Gasteiger charge is -2.36. The van der Waals surface area contributed by atoms with Crippen molar-refractivity contribution < 1.29 is 9.53 Å². The number of halogens is 1. The molecule has 2 heterocycles. The van der Waals surface area contributed by atoms with Crippen molar-refractivity contribution in [3.05, 3.63) is 21.8 Å². The minimum Gasteiger partial charge on any atom is -0.450 e. The van der Waals surface area contributed by atoms with Gasteiger partial charge in [0.2, 0.25) is 0 Å². The molecule has 1 aliphatic heterocycles. The third-order valence-electron chi connectivity index (χ3n) is 4.82. The Labute approximate surface area is 183 Å². The second-order valence-corrected chi connectivity index (χ2v) is 8.58. The molecule has 0 spiro atoms. The van der Waals surface area contributed by atoms with Crippen molar-refractivity contribution in [1.29, 1.82) is 10.5 Å². The second-order valence-electron chi connectivity index (χ2n) is 8.23. The molecule has 0 unspecified atom stereocenters. The van der Waals surface area contributed by atoms with E-state index in [1.54, 1.807) is 0 Å². The minimum absolute atomic E-state index is 0.150. The maximum absolute atomic E-state index is 11.7. The van der Waals surface area contributed by atoms with Gasteiger partial charge < -0.3 is 15.0 Å². The quantitative estimate of drug-likeness (QED) is 0.543. The van der Waals surface area contributed by atoms with Gasteiger partial charge in [-0.1, -0.05) is 18.5 Å². The van der Waals surface area contributed by atoms with Crippen LogP contribution in [0.15, 0.2) is 0 Å². The van der Waals surface area contributed by atoms with Crippen LogP contribution in [0.1, 0.15) is 50.8 Å². The van der Waals surface area contributed by atoms with Crippen LogP contribution < -0.4 is 10.2 Å². The molecular weight excluding hydrogens is 404 g/mol. The summed E-state index contributed by atoms with van der Waals surface area (Å²) < 4.78 is 5.22. The van der Waals surface area contributed by atoms with Crippen molar-refractivity contribution >= 4 is 23.5 Å². The first-order valence-electron chi connectivity index (χ1n) is 10.1. The molecule has 1 aliphatic rings. The van der Waals surface area contributed by atoms with Crippen LogP contribution in [0, 0.1) is 22.7 Å². The summed E-state index contributed by atoms with van der Waals surface area (Å²) in [5.74, 6) is 0.556. The minimum atomic E-state index is -0.396. The molecule has 0 aromatic carbocycles. The Hall–Kier alpha value is -2.55. The van der Waals surface area contributed by atoms with Crippen LogP contribution in [0.2, 0.25) is 5.15 Å². The summed E-state index contributed by atoms with van der Waals surface area (Å²) in [5, 5.41) is 21.9. The van der Waals surface area contributed by atoms with Crippen molar-refractivity contribution in [1.82, 2.24) is 15.2 Å². The van der Waals surface area contributed by atoms with E-state index in [4.69, 9.17) is 16.3 Å². The Kier molecular flexibility index (Phi) is 8.28. The largest absolute Gasteiger partial charge is 0.450 e. The molecular formula is C21H29ClN6O2. The van der Waals surface area contributed by atoms with Gasteiger partial charge in [0.25, 0.3) is 0 Å². The maximum Gasteiger partial charge on any atom is 0.407 e. The standard InChI is InChI=1S/C21H29ClN6O2/c1-5-15-16(13-23)18(22)25-19(17(15)14-24)28-10-8-27(9-11-28)7-6-12-30-20(29)26-21(2,3)4/h5-12H2,1-4H3,(H,26,29). The molecule has 9 heteroatoms. The average molecular weight is 433 g/mol. The van der Waals surface area contributed by atoms with Gasteiger partial charge >= 0.3 is 6.09 Å². The van der Waals surface area contributed by atoms with E-state index in [-0.39, 0.29) is 16.3 Å². The zero-order chi connectivity index (χ0) is 22.3. The van der Waals surface area contributed by atoms with Crippen LogP contribution in [-0.4, -0.2) is 60.8 Å². The van der Waals surface area contributed by atoms with Crippen molar-refractivity contribution in [2.24, 2.45) is 0 Å². The number of rotatable bonds is 6. The molecule has 2 rings (SSSR count). The van der Waals surface area contributed by atoms with E-state index in [1.165, 1.54) is 0 Å². The molecule has 1 aromatic rings. The number of hydrogen-bond donors (Lipinski definition) is 1. The lowest BCUT2D eigenvalue weighted by atomic mass is 10.0. The van der Waals surface area contributed by atoms with Gasteiger partial charge in [-0.15, -0.1) is 0 Å². The van der Waals surface area contributed by atoms with E-state index >= 15 is 0 Å². The van der Waals surface area contributed by atoms with Crippen LogP contribution >= 0.6 is 11.6 Å². The first-order valence-corrected chi connectivity index (χ1v) is 10.5. The van der Waals surface area contributed by atoms with Crippen LogP contribution in [-0.2, 0) is 11.2 Å². The highest BCUT2D eigenvalue weighted by atomic mass is 35.5. The van der Waals surface area contributed by atoms with Gasteiger partial charge in [0, 0.05) is 38.3 Å². The van der Waals surface area contributed by atoms with Crippen molar-refractivity contribution in [3.8, 4) is 12.1 Å². The van der Waals surface area contributed by atoms with Gasteiger partial charge in [-0.3, -0.25) is 4.90 Å². The fraction of sp³-hybridized carbons (Fsp3) is 0.619. The summed E-state index contributed by atoms with van der Waals surface area (Å²) in [7, 11) is 0. The van der Waals surface area contributed by atoms with Crippen molar-refractivity contribution in [2.45, 2.75) is 46.1 Å². The fourth-order valence-corrected chi connectivity index (χ4v) is 3.62. The number of anilines is 1. The van der Waals surface area contributed by atoms with Gasteiger partial charge in [0.15, 0.2) is 0 Å². The van der Waals surface area contributed by atoms with Gasteiger partial charge in [-0.2, -0.15) is 10.5 Å². The zero-order valence-electron chi connectivity index (χ0n) is 18.1. The Bertz CT molecular complexity index is 845. The number of alkyl carbamates (subject to hydrolysis) is 1. The number of nitrogens with one attached hydrogen (secondary N) is 1. The number of ether oxygens (including phenoxy) is 1. The highest BCUT2D eigenvalue weighted by Crippen LogP contribution is 2.29. The topological polar surface area (TPSA) is 105 Å². The molecule has 1 N–H and O–H groups in total. The molecule has 1 aromatic heterocycles. The molecule has 0 bridgehead atoms. The maximum atomic E-state index is 11.7. The number of nitrogens with zero attached hydrogens (tertiary/aromatic N) is 5. The van der Waals surface area contributed by atoms with Crippen molar-refractivity contribution in [2.75, 3.05) is 44.2 Å². The molecule has 1 fully saturated rings. The molecule has 162 valence electrons. The number of aromatic nitrogens is 1. The second kappa shape index (κ2) is 10.5. The van der Waals surface area contributed by atoms with E-state index < -0.39 is 6.09 Å². The molecule has 30 heavy (non-hydrogen) atoms. The number of nitriles is 2. The normalized spacial score (nSPS) is 14.7. The van der Waals surface area contributed by atoms with E-state index in [9.17, 15) is 15.3 Å². The van der Waals surface area contributed by atoms with E-state index in [0.717, 1.165) is 26.1 Å². The summed E-state index contributed by atoms with van der Waals surface area (Å²) in [5.41, 5.74) is 1.07. The Morgan fingerprint density at radius 2 is 1.83 bits per heavy atom. The lowest BCUT2D eigenvalue weighted by molar-refractivity contribution is 0.129. The molecule has 0 aliphatic carbocycles. The first-order chi connectivity index (χ1) is 14.2. The van der Waals surface area contributed by atoms with Gasteiger partial charge in [0.05, 0.1) is 17.7 Å². The van der Waals surface area contributed by atoms with Crippen molar-refractivity contribution in [3.63, 3.8) is 0 Å². The van der Waals surface area contributed by atoms with E-state index in [1.807, 2.05) is 27.7 Å². The van der Waals surface area contributed by atoms with Gasteiger partial charge in [0.1, 0.15) is 23.1 Å². The number of amides is 1. The molecule has 0 atom stereocenters. The van der Waals surface area contributed by atoms with Crippen LogP contribution in [0.3, 0.4) is 0 Å². The monoisotopic (exact) mass is 432 g/mol. The summed E-state index contributed by atoms with van der Waals surface area (Å²) in [4.78, 5) is 20.4. The Balaban J connectivity index is 1.89. The number of hydrogen-bond acceptors (Lipinski definition) is 7. The van der Waals surface area contributed by atoms with Crippen LogP contribution in [0.5, 0.6) is 0 Å². The predicted molar refractivity (Wildman–Crippen MR) is 116 cm³/mol. The van der Waals surface area contributed by atoms with E-state index in [2.05, 4.69) is 32.2 Å². The van der Waals surface area contributed by atoms with Crippen LogP contribution in [0.4, 0.5) is 10.6 Å². The third-order valence-corrected chi connectivity index (χ3v) is 5.09. The number of carbonyl (C=O) groups excluding carboxylic acids is 1. The molecule has 1 amide bonds. The van der Waals surface area contributed by atoms with Gasteiger partial charge in [-0.05, 0) is 39.2 Å². The third kappa shape index (κ3) is 6.22. The van der Waals surface area contributed by atoms with Crippen LogP contribution in [0.25, 0.3) is 0 Å². The highest BCUT2D eigenvalue weighted by Gasteiger charge is 2.25. The lowest BCUT2D eigenvalue weighted by Crippen LogP contribution is -2.47. The Morgan fingerprint density at radius 1 is 1.20 bits per heavy atom. The fourth-order valence-electron chi connectivity index (χ4n) is 3.38. The summed E-state index contributed by atoms with van der Waals surface area (Å²) in [6, 6.07) is 4.28. The predicted octanol–water partition coefficient (Wildman–Crippen LogP) is 3.08. The molecule has 8 nitrogen and oxygen atoms in total. The SMILES string of the molecule is CCc1c(C#N)c(Cl)nc(N2CCN(CCCOC(=O)NC(C)(C)C)CC2)c1C#N. The number of piperazine rings is 1.